The monoisotopic (exact) mass is 251 g/mol. The largest absolute Gasteiger partial charge is 0.329 e. The van der Waals surface area contributed by atoms with E-state index in [1.807, 2.05) is 6.07 Å². The highest BCUT2D eigenvalue weighted by molar-refractivity contribution is 5.16. The molecule has 2 rings (SSSR count). The standard InChI is InChI=1S/C14H22FN3/c15-14-3-1-2-13(12-14)4-6-17-8-10-18(7-5-16)11-9-17/h1-3,12H,4-11,16H2. The minimum atomic E-state index is -0.139. The van der Waals surface area contributed by atoms with Gasteiger partial charge in [-0.3, -0.25) is 4.90 Å². The Kier molecular flexibility index (Phi) is 5.11. The molecule has 0 saturated carbocycles. The van der Waals surface area contributed by atoms with Crippen LogP contribution in [0.5, 0.6) is 0 Å². The molecule has 1 aromatic carbocycles. The van der Waals surface area contributed by atoms with Crippen LogP contribution in [0.15, 0.2) is 24.3 Å². The van der Waals surface area contributed by atoms with E-state index in [2.05, 4.69) is 9.80 Å². The number of nitrogens with zero attached hydrogens (tertiary/aromatic N) is 2. The molecule has 0 bridgehead atoms. The van der Waals surface area contributed by atoms with E-state index in [0.29, 0.717) is 0 Å². The first-order valence-electron chi connectivity index (χ1n) is 6.67. The molecular weight excluding hydrogens is 229 g/mol. The average molecular weight is 251 g/mol. The third-order valence-corrected chi connectivity index (χ3v) is 3.52. The van der Waals surface area contributed by atoms with Gasteiger partial charge in [-0.1, -0.05) is 12.1 Å². The van der Waals surface area contributed by atoms with Crippen molar-refractivity contribution in [2.75, 3.05) is 45.8 Å². The summed E-state index contributed by atoms with van der Waals surface area (Å²) in [5.74, 6) is -0.139. The van der Waals surface area contributed by atoms with Crippen LogP contribution in [-0.2, 0) is 6.42 Å². The van der Waals surface area contributed by atoms with Gasteiger partial charge in [-0.25, -0.2) is 4.39 Å². The molecule has 2 N–H and O–H groups in total. The van der Waals surface area contributed by atoms with Crippen molar-refractivity contribution in [3.05, 3.63) is 35.6 Å². The van der Waals surface area contributed by atoms with E-state index in [0.717, 1.165) is 57.8 Å². The van der Waals surface area contributed by atoms with Crippen LogP contribution in [-0.4, -0.2) is 55.6 Å². The highest BCUT2D eigenvalue weighted by Crippen LogP contribution is 2.07. The number of rotatable bonds is 5. The van der Waals surface area contributed by atoms with Crippen LogP contribution in [0.2, 0.25) is 0 Å². The lowest BCUT2D eigenvalue weighted by Gasteiger charge is -2.34. The molecule has 1 aliphatic rings. The number of halogens is 1. The Morgan fingerprint density at radius 1 is 1.06 bits per heavy atom. The summed E-state index contributed by atoms with van der Waals surface area (Å²) in [6.45, 7) is 7.13. The zero-order chi connectivity index (χ0) is 12.8. The Morgan fingerprint density at radius 3 is 2.33 bits per heavy atom. The molecule has 0 radical (unpaired) electrons. The van der Waals surface area contributed by atoms with E-state index >= 15 is 0 Å². The summed E-state index contributed by atoms with van der Waals surface area (Å²) in [7, 11) is 0. The summed E-state index contributed by atoms with van der Waals surface area (Å²) in [4.78, 5) is 4.84. The highest BCUT2D eigenvalue weighted by Gasteiger charge is 2.15. The van der Waals surface area contributed by atoms with Gasteiger partial charge in [-0.2, -0.15) is 0 Å². The number of piperazine rings is 1. The van der Waals surface area contributed by atoms with Crippen LogP contribution in [0.3, 0.4) is 0 Å². The van der Waals surface area contributed by atoms with Crippen LogP contribution in [0.4, 0.5) is 4.39 Å². The van der Waals surface area contributed by atoms with E-state index in [1.165, 1.54) is 6.07 Å². The van der Waals surface area contributed by atoms with Crippen molar-refractivity contribution < 1.29 is 4.39 Å². The molecule has 1 heterocycles. The lowest BCUT2D eigenvalue weighted by molar-refractivity contribution is 0.136. The summed E-state index contributed by atoms with van der Waals surface area (Å²) in [5, 5.41) is 0. The summed E-state index contributed by atoms with van der Waals surface area (Å²) in [6, 6.07) is 6.90. The van der Waals surface area contributed by atoms with Crippen molar-refractivity contribution in [3.8, 4) is 0 Å². The predicted octanol–water partition coefficient (Wildman–Crippen LogP) is 0.945. The van der Waals surface area contributed by atoms with Crippen LogP contribution in [0.1, 0.15) is 5.56 Å². The summed E-state index contributed by atoms with van der Waals surface area (Å²) in [5.41, 5.74) is 6.63. The summed E-state index contributed by atoms with van der Waals surface area (Å²) < 4.78 is 13.0. The van der Waals surface area contributed by atoms with E-state index in [1.54, 1.807) is 12.1 Å². The van der Waals surface area contributed by atoms with Gasteiger partial charge >= 0.3 is 0 Å². The normalized spacial score (nSPS) is 18.1. The lowest BCUT2D eigenvalue weighted by Crippen LogP contribution is -2.48. The van der Waals surface area contributed by atoms with Gasteiger partial charge in [0.05, 0.1) is 0 Å². The molecule has 1 aliphatic heterocycles. The van der Waals surface area contributed by atoms with E-state index in [4.69, 9.17) is 5.73 Å². The van der Waals surface area contributed by atoms with E-state index in [-0.39, 0.29) is 5.82 Å². The molecule has 0 aliphatic carbocycles. The molecule has 0 spiro atoms. The second-order valence-electron chi connectivity index (χ2n) is 4.85. The topological polar surface area (TPSA) is 32.5 Å². The minimum absolute atomic E-state index is 0.139. The maximum absolute atomic E-state index is 13.0. The van der Waals surface area contributed by atoms with Gasteiger partial charge in [0.25, 0.3) is 0 Å². The first-order chi connectivity index (χ1) is 8.78. The average Bonchev–Trinajstić information content (AvgIpc) is 2.38. The fraction of sp³-hybridized carbons (Fsp3) is 0.571. The third kappa shape index (κ3) is 4.05. The molecule has 1 fully saturated rings. The fourth-order valence-electron chi connectivity index (χ4n) is 2.40. The highest BCUT2D eigenvalue weighted by atomic mass is 19.1. The zero-order valence-electron chi connectivity index (χ0n) is 10.8. The van der Waals surface area contributed by atoms with Crippen LogP contribution >= 0.6 is 0 Å². The van der Waals surface area contributed by atoms with Crippen molar-refractivity contribution >= 4 is 0 Å². The molecular formula is C14H22FN3. The number of hydrogen-bond donors (Lipinski definition) is 1. The molecule has 4 heteroatoms. The Bertz CT molecular complexity index is 362. The molecule has 3 nitrogen and oxygen atoms in total. The van der Waals surface area contributed by atoms with Crippen molar-refractivity contribution in [2.45, 2.75) is 6.42 Å². The fourth-order valence-corrected chi connectivity index (χ4v) is 2.40. The Hall–Kier alpha value is -0.970. The lowest BCUT2D eigenvalue weighted by atomic mass is 10.1. The van der Waals surface area contributed by atoms with E-state index in [9.17, 15) is 4.39 Å². The van der Waals surface area contributed by atoms with Crippen LogP contribution < -0.4 is 5.73 Å². The first kappa shape index (κ1) is 13.5. The summed E-state index contributed by atoms with van der Waals surface area (Å²) >= 11 is 0. The molecule has 100 valence electrons. The molecule has 1 aromatic rings. The smallest absolute Gasteiger partial charge is 0.123 e. The van der Waals surface area contributed by atoms with Crippen molar-refractivity contribution in [2.24, 2.45) is 5.73 Å². The minimum Gasteiger partial charge on any atom is -0.329 e. The molecule has 0 amide bonds. The second kappa shape index (κ2) is 6.83. The quantitative estimate of drug-likeness (QED) is 0.845. The number of benzene rings is 1. The van der Waals surface area contributed by atoms with Crippen molar-refractivity contribution in [3.63, 3.8) is 0 Å². The second-order valence-corrected chi connectivity index (χ2v) is 4.85. The van der Waals surface area contributed by atoms with Gasteiger partial charge in [-0.15, -0.1) is 0 Å². The molecule has 0 aromatic heterocycles. The molecule has 18 heavy (non-hydrogen) atoms. The van der Waals surface area contributed by atoms with Gasteiger partial charge in [0.15, 0.2) is 0 Å². The van der Waals surface area contributed by atoms with Crippen molar-refractivity contribution in [1.82, 2.24) is 9.80 Å². The maximum atomic E-state index is 13.0. The van der Waals surface area contributed by atoms with Gasteiger partial charge in [0.2, 0.25) is 0 Å². The van der Waals surface area contributed by atoms with E-state index < -0.39 is 0 Å². The zero-order valence-corrected chi connectivity index (χ0v) is 10.8. The molecule has 0 atom stereocenters. The Balaban J connectivity index is 1.72. The number of hydrogen-bond acceptors (Lipinski definition) is 3. The third-order valence-electron chi connectivity index (χ3n) is 3.52. The molecule has 1 saturated heterocycles. The van der Waals surface area contributed by atoms with Gasteiger partial charge in [-0.05, 0) is 24.1 Å². The molecule has 0 unspecified atom stereocenters. The van der Waals surface area contributed by atoms with Gasteiger partial charge < -0.3 is 10.6 Å². The first-order valence-corrected chi connectivity index (χ1v) is 6.67. The summed E-state index contributed by atoms with van der Waals surface area (Å²) in [6.07, 6.45) is 0.925. The van der Waals surface area contributed by atoms with Crippen LogP contribution in [0.25, 0.3) is 0 Å². The van der Waals surface area contributed by atoms with Gasteiger partial charge in [0.1, 0.15) is 5.82 Å². The van der Waals surface area contributed by atoms with Crippen LogP contribution in [0, 0.1) is 5.82 Å². The maximum Gasteiger partial charge on any atom is 0.123 e. The predicted molar refractivity (Wildman–Crippen MR) is 72.0 cm³/mol. The van der Waals surface area contributed by atoms with Crippen molar-refractivity contribution in [1.29, 1.82) is 0 Å². The Morgan fingerprint density at radius 2 is 1.72 bits per heavy atom. The number of nitrogens with two attached hydrogens (primary N) is 1. The van der Waals surface area contributed by atoms with Gasteiger partial charge in [0, 0.05) is 45.8 Å². The Labute approximate surface area is 108 Å². The SMILES string of the molecule is NCCN1CCN(CCc2cccc(F)c2)CC1.